The van der Waals surface area contributed by atoms with E-state index in [9.17, 15) is 9.90 Å². The van der Waals surface area contributed by atoms with Gasteiger partial charge in [-0.05, 0) is 154 Å². The number of carboxylic acid groups (broad SMARTS) is 1. The predicted octanol–water partition coefficient (Wildman–Crippen LogP) is 8.95. The first-order valence-electron chi connectivity index (χ1n) is 21.2. The van der Waals surface area contributed by atoms with E-state index in [0.717, 1.165) is 94.2 Å². The van der Waals surface area contributed by atoms with Crippen LogP contribution in [0.2, 0.25) is 5.02 Å². The zero-order valence-corrected chi connectivity index (χ0v) is 34.3. The molecule has 5 aliphatic rings. The van der Waals surface area contributed by atoms with Crippen LogP contribution in [0.4, 0.5) is 5.69 Å². The summed E-state index contributed by atoms with van der Waals surface area (Å²) in [7, 11) is 2.21. The Morgan fingerprint density at radius 3 is 2.54 bits per heavy atom. The Hall–Kier alpha value is -3.53. The van der Waals surface area contributed by atoms with Gasteiger partial charge < -0.3 is 34.3 Å². The van der Waals surface area contributed by atoms with E-state index in [1.54, 1.807) is 0 Å². The molecule has 3 aromatic rings. The number of anilines is 1. The van der Waals surface area contributed by atoms with Crippen LogP contribution in [0, 0.1) is 23.7 Å². The summed E-state index contributed by atoms with van der Waals surface area (Å²) in [6.07, 6.45) is 12.0. The van der Waals surface area contributed by atoms with Gasteiger partial charge in [0.25, 0.3) is 0 Å². The summed E-state index contributed by atoms with van der Waals surface area (Å²) in [5, 5.41) is 14.8. The van der Waals surface area contributed by atoms with Crippen LogP contribution in [0.3, 0.4) is 0 Å². The lowest BCUT2D eigenvalue weighted by Crippen LogP contribution is -2.53. The Kier molecular flexibility index (Phi) is 11.8. The van der Waals surface area contributed by atoms with Crippen LogP contribution in [0.5, 0.6) is 17.2 Å². The Morgan fingerprint density at radius 1 is 1.04 bits per heavy atom. The highest BCUT2D eigenvalue weighted by atomic mass is 35.5. The lowest BCUT2D eigenvalue weighted by molar-refractivity contribution is -0.144. The standard InChI is InChI=1S/C46H60ClN3O6/c1-30(27-54-40-10-17-48-39-9-4-6-31(2)43(39)40)20-35-21-34-22-41-42(56-29-33(28-55-41)26-50(3)25-32-11-18-53-19-12-32)24-38(34)45(35)13-15-46(16-14-45,44(51)52)49-37-8-5-7-36(47)23-37/h5,7-8,10,17,22-24,30-33,35,49H,4,6,9,11-16,18-21,25-29H2,1-3H3,(H,51,52)/t30-,31-,33?,35+,45?,46?/m1/s1. The van der Waals surface area contributed by atoms with Crippen molar-refractivity contribution in [1.82, 2.24) is 9.88 Å². The number of aryl methyl sites for hydroxylation is 1. The highest BCUT2D eigenvalue weighted by Crippen LogP contribution is 2.58. The fraction of sp³-hybridized carbons (Fsp3) is 0.609. The SMILES string of the molecule is C[C@@H](COc1ccnc2c1[C@H](C)CCC2)C[C@H]1Cc2cc3c(cc2C12CCC(Nc1cccc(Cl)c1)(C(=O)O)CC2)OCC(CN(C)CC1CCOCC1)CO3. The molecule has 8 rings (SSSR count). The van der Waals surface area contributed by atoms with Gasteiger partial charge in [0.1, 0.15) is 11.3 Å². The van der Waals surface area contributed by atoms with Crippen LogP contribution in [0.1, 0.15) is 99.9 Å². The molecule has 3 aliphatic carbocycles. The predicted molar refractivity (Wildman–Crippen MR) is 220 cm³/mol. The molecule has 0 radical (unpaired) electrons. The second kappa shape index (κ2) is 16.8. The summed E-state index contributed by atoms with van der Waals surface area (Å²) in [5.74, 6) is 3.86. The van der Waals surface area contributed by atoms with Crippen molar-refractivity contribution < 1.29 is 28.8 Å². The largest absolute Gasteiger partial charge is 0.493 e. The normalized spacial score (nSPS) is 28.0. The average molecular weight is 786 g/mol. The van der Waals surface area contributed by atoms with Gasteiger partial charge in [0.15, 0.2) is 11.5 Å². The fourth-order valence-corrected chi connectivity index (χ4v) is 11.0. The van der Waals surface area contributed by atoms with Crippen molar-refractivity contribution in [2.75, 3.05) is 58.5 Å². The van der Waals surface area contributed by atoms with Gasteiger partial charge in [-0.15, -0.1) is 0 Å². The van der Waals surface area contributed by atoms with Gasteiger partial charge in [0.2, 0.25) is 0 Å². The molecule has 302 valence electrons. The van der Waals surface area contributed by atoms with Gasteiger partial charge in [0, 0.05) is 60.4 Å². The summed E-state index contributed by atoms with van der Waals surface area (Å²) in [4.78, 5) is 20.2. The van der Waals surface area contributed by atoms with Crippen LogP contribution >= 0.6 is 11.6 Å². The van der Waals surface area contributed by atoms with E-state index in [1.807, 2.05) is 36.5 Å². The molecule has 56 heavy (non-hydrogen) atoms. The number of nitrogens with one attached hydrogen (secondary N) is 1. The van der Waals surface area contributed by atoms with Crippen molar-refractivity contribution in [2.24, 2.45) is 23.7 Å². The topological polar surface area (TPSA) is 102 Å². The summed E-state index contributed by atoms with van der Waals surface area (Å²) >= 11 is 6.33. The van der Waals surface area contributed by atoms with Crippen LogP contribution < -0.4 is 19.5 Å². The minimum Gasteiger partial charge on any atom is -0.493 e. The van der Waals surface area contributed by atoms with Gasteiger partial charge >= 0.3 is 5.97 Å². The first kappa shape index (κ1) is 39.3. The summed E-state index contributed by atoms with van der Waals surface area (Å²) in [5.41, 5.74) is 4.57. The fourth-order valence-electron chi connectivity index (χ4n) is 10.8. The highest BCUT2D eigenvalue weighted by molar-refractivity contribution is 6.30. The lowest BCUT2D eigenvalue weighted by atomic mass is 9.59. The van der Waals surface area contributed by atoms with Crippen molar-refractivity contribution in [3.05, 3.63) is 76.1 Å². The van der Waals surface area contributed by atoms with Crippen molar-refractivity contribution in [3.8, 4) is 17.2 Å². The quantitative estimate of drug-likeness (QED) is 0.186. The minimum absolute atomic E-state index is 0.184. The molecule has 1 unspecified atom stereocenters. The minimum atomic E-state index is -1.08. The molecule has 1 aromatic heterocycles. The molecule has 10 heteroatoms. The van der Waals surface area contributed by atoms with E-state index < -0.39 is 11.5 Å². The molecule has 2 aromatic carbocycles. The van der Waals surface area contributed by atoms with Gasteiger partial charge in [-0.1, -0.05) is 31.5 Å². The maximum atomic E-state index is 13.1. The molecule has 1 saturated carbocycles. The number of aliphatic carboxylic acids is 1. The number of nitrogens with zero attached hydrogens (tertiary/aromatic N) is 2. The first-order valence-corrected chi connectivity index (χ1v) is 21.6. The van der Waals surface area contributed by atoms with Crippen molar-refractivity contribution >= 4 is 23.3 Å². The molecule has 1 spiro atoms. The number of rotatable bonds is 12. The molecule has 3 heterocycles. The zero-order valence-electron chi connectivity index (χ0n) is 33.5. The molecule has 2 N–H and O–H groups in total. The first-order chi connectivity index (χ1) is 27.1. The summed E-state index contributed by atoms with van der Waals surface area (Å²) in [6, 6.07) is 13.9. The third kappa shape index (κ3) is 8.23. The third-order valence-electron chi connectivity index (χ3n) is 13.8. The zero-order chi connectivity index (χ0) is 38.9. The van der Waals surface area contributed by atoms with Gasteiger partial charge in [-0.2, -0.15) is 0 Å². The van der Waals surface area contributed by atoms with Crippen molar-refractivity contribution in [2.45, 2.75) is 101 Å². The second-order valence-corrected chi connectivity index (χ2v) is 18.4. The molecule has 2 fully saturated rings. The van der Waals surface area contributed by atoms with E-state index in [1.165, 1.54) is 35.2 Å². The number of benzene rings is 2. The number of hydrogen-bond acceptors (Lipinski definition) is 8. The van der Waals surface area contributed by atoms with Crippen LogP contribution in [-0.2, 0) is 27.8 Å². The molecular formula is C46H60ClN3O6. The maximum Gasteiger partial charge on any atom is 0.329 e. The number of fused-ring (bicyclic) bond motifs is 4. The molecule has 2 aliphatic heterocycles. The Morgan fingerprint density at radius 2 is 1.79 bits per heavy atom. The number of ether oxygens (including phenoxy) is 4. The Labute approximate surface area is 337 Å². The van der Waals surface area contributed by atoms with Gasteiger partial charge in [-0.25, -0.2) is 4.79 Å². The van der Waals surface area contributed by atoms with E-state index in [0.29, 0.717) is 61.4 Å². The van der Waals surface area contributed by atoms with Crippen LogP contribution in [0.25, 0.3) is 0 Å². The molecule has 0 amide bonds. The number of pyridine rings is 1. The van der Waals surface area contributed by atoms with Crippen LogP contribution in [-0.4, -0.2) is 79.7 Å². The lowest BCUT2D eigenvalue weighted by Gasteiger charge is -2.47. The van der Waals surface area contributed by atoms with Crippen molar-refractivity contribution in [3.63, 3.8) is 0 Å². The number of carbonyl (C=O) groups is 1. The Balaban J connectivity index is 1.01. The number of halogens is 1. The van der Waals surface area contributed by atoms with E-state index in [4.69, 9.17) is 35.5 Å². The molecule has 9 nitrogen and oxygen atoms in total. The van der Waals surface area contributed by atoms with Gasteiger partial charge in [-0.3, -0.25) is 4.98 Å². The molecule has 0 bridgehead atoms. The summed E-state index contributed by atoms with van der Waals surface area (Å²) in [6.45, 7) is 10.2. The van der Waals surface area contributed by atoms with Crippen LogP contribution in [0.15, 0.2) is 48.7 Å². The van der Waals surface area contributed by atoms with E-state index in [2.05, 4.69) is 43.2 Å². The molecular weight excluding hydrogens is 726 g/mol. The monoisotopic (exact) mass is 785 g/mol. The third-order valence-corrected chi connectivity index (χ3v) is 14.0. The van der Waals surface area contributed by atoms with Gasteiger partial charge in [0.05, 0.1) is 19.8 Å². The number of hydrogen-bond donors (Lipinski definition) is 2. The number of aromatic nitrogens is 1. The maximum absolute atomic E-state index is 13.1. The Bertz CT molecular complexity index is 1860. The smallest absolute Gasteiger partial charge is 0.329 e. The molecule has 4 atom stereocenters. The second-order valence-electron chi connectivity index (χ2n) is 17.9. The molecule has 1 saturated heterocycles. The highest BCUT2D eigenvalue weighted by Gasteiger charge is 2.54. The summed E-state index contributed by atoms with van der Waals surface area (Å²) < 4.78 is 25.4. The van der Waals surface area contributed by atoms with E-state index in [-0.39, 0.29) is 11.3 Å². The number of carboxylic acids is 1. The average Bonchev–Trinajstić information content (AvgIpc) is 3.31. The van der Waals surface area contributed by atoms with E-state index >= 15 is 0 Å². The van der Waals surface area contributed by atoms with Crippen molar-refractivity contribution in [1.29, 1.82) is 0 Å².